The van der Waals surface area contributed by atoms with Gasteiger partial charge in [-0.1, -0.05) is 0 Å². The molecule has 7 nitrogen and oxygen atoms in total. The van der Waals surface area contributed by atoms with Gasteiger partial charge in [0.15, 0.2) is 0 Å². The van der Waals surface area contributed by atoms with Crippen LogP contribution in [0.1, 0.15) is 0 Å². The molecule has 0 aromatic rings. The van der Waals surface area contributed by atoms with Crippen LogP contribution in [0.4, 0.5) is 0 Å². The van der Waals surface area contributed by atoms with E-state index in [1.165, 1.54) is 0 Å². The molecule has 0 spiro atoms. The maximum atomic E-state index is 8.73. The average molecular weight is 292 g/mol. The summed E-state index contributed by atoms with van der Waals surface area (Å²) in [4.78, 5) is 0. The summed E-state index contributed by atoms with van der Waals surface area (Å²) in [6, 6.07) is 0. The summed E-state index contributed by atoms with van der Waals surface area (Å²) in [7, 11) is 0. The third-order valence-electron chi connectivity index (χ3n) is 0. The fourth-order valence-corrected chi connectivity index (χ4v) is 0. The standard InChI is InChI=1S/Cr.HIO4.3O/c;2-1(3,4)5;;;/h;2H;;;/q+6;;3*-2. The minimum absolute atomic E-state index is 0. The van der Waals surface area contributed by atoms with Gasteiger partial charge in [-0.15, -0.1) is 0 Å². The molecule has 1 N–H and O–H groups in total. The van der Waals surface area contributed by atoms with Gasteiger partial charge in [-0.25, -0.2) is 0 Å². The van der Waals surface area contributed by atoms with Crippen LogP contribution >= 0.6 is 0 Å². The Kier molecular flexibility index (Phi) is 42.3. The van der Waals surface area contributed by atoms with E-state index in [4.69, 9.17) is 13.7 Å². The minimum atomic E-state index is -5.69. The molecule has 56 valence electrons. The fourth-order valence-electron chi connectivity index (χ4n) is 0. The van der Waals surface area contributed by atoms with Gasteiger partial charge < -0.3 is 16.4 Å². The summed E-state index contributed by atoms with van der Waals surface area (Å²) in [5.74, 6) is 0. The van der Waals surface area contributed by atoms with E-state index in [0.29, 0.717) is 0 Å². The molecule has 0 aromatic carbocycles. The molecule has 0 aliphatic rings. The summed E-state index contributed by atoms with van der Waals surface area (Å²) in [6.45, 7) is 0. The summed E-state index contributed by atoms with van der Waals surface area (Å²) in [5.41, 5.74) is 0. The van der Waals surface area contributed by atoms with Gasteiger partial charge in [-0.2, -0.15) is 0 Å². The van der Waals surface area contributed by atoms with Gasteiger partial charge in [-0.05, 0) is 0 Å². The van der Waals surface area contributed by atoms with Gasteiger partial charge in [0, 0.05) is 3.44 Å². The van der Waals surface area contributed by atoms with Gasteiger partial charge in [0.25, 0.3) is 0 Å². The third-order valence-corrected chi connectivity index (χ3v) is 0. The SMILES string of the molecule is [Cr+6].[O-2].[O-2].[O-2].[O-][I+3]([O-])([O-])O. The maximum absolute atomic E-state index is 8.73. The molecule has 0 bridgehead atoms. The first-order valence-electron chi connectivity index (χ1n) is 0.632. The van der Waals surface area contributed by atoms with E-state index in [-0.39, 0.29) is 33.8 Å². The molecule has 0 saturated carbocycles. The van der Waals surface area contributed by atoms with Gasteiger partial charge in [0.05, 0.1) is 0 Å². The molecule has 0 radical (unpaired) electrons. The Hall–Kier alpha value is 0.982. The predicted molar refractivity (Wildman–Crippen MR) is 4.28 cm³/mol. The molecule has 0 rings (SSSR count). The van der Waals surface area contributed by atoms with Crippen LogP contribution in [0.25, 0.3) is 0 Å². The van der Waals surface area contributed by atoms with Crippen LogP contribution in [0.3, 0.4) is 0 Å². The van der Waals surface area contributed by atoms with E-state index < -0.39 is 20.1 Å². The van der Waals surface area contributed by atoms with Gasteiger partial charge in [0.2, 0.25) is 0 Å². The minimum Gasteiger partial charge on any atom is -2.00 e. The van der Waals surface area contributed by atoms with E-state index in [2.05, 4.69) is 0 Å². The van der Waals surface area contributed by atoms with Crippen LogP contribution in [0, 0.1) is 0 Å². The van der Waals surface area contributed by atoms with Crippen LogP contribution in [0.2, 0.25) is 0 Å². The molecule has 0 amide bonds. The molecule has 0 aromatic heterocycles. The van der Waals surface area contributed by atoms with E-state index >= 15 is 0 Å². The van der Waals surface area contributed by atoms with Crippen LogP contribution in [-0.2, 0) is 33.8 Å². The number of halogens is 1. The third kappa shape index (κ3) is 454. The first-order valence-corrected chi connectivity index (χ1v) is 4.24. The molecule has 9 heavy (non-hydrogen) atoms. The second-order valence-corrected chi connectivity index (χ2v) is 2.66. The van der Waals surface area contributed by atoms with Crippen molar-refractivity contribution < 1.29 is 67.6 Å². The predicted octanol–water partition coefficient (Wildman–Crippen LogP) is -7.48. The summed E-state index contributed by atoms with van der Waals surface area (Å²) in [6.07, 6.45) is 0. The van der Waals surface area contributed by atoms with Crippen LogP contribution in [0.5, 0.6) is 0 Å². The zero-order valence-corrected chi connectivity index (χ0v) is 7.12. The monoisotopic (exact) mass is 292 g/mol. The first kappa shape index (κ1) is 32.4. The van der Waals surface area contributed by atoms with Crippen molar-refractivity contribution in [2.75, 3.05) is 0 Å². The van der Waals surface area contributed by atoms with Crippen molar-refractivity contribution in [2.24, 2.45) is 0 Å². The van der Waals surface area contributed by atoms with Crippen LogP contribution in [-0.4, -0.2) is 3.44 Å². The second-order valence-electron chi connectivity index (χ2n) is 0.396. The quantitative estimate of drug-likeness (QED) is 0.436. The second kappa shape index (κ2) is 11.7. The Morgan fingerprint density at radius 3 is 0.889 bits per heavy atom. The average Bonchev–Trinajstić information content (AvgIpc) is 0.722. The Bertz CT molecular complexity index is 24.4. The molecule has 0 unspecified atom stereocenters. The number of rotatable bonds is 0. The Labute approximate surface area is 67.7 Å². The zero-order valence-electron chi connectivity index (χ0n) is 3.68. The number of hydrogen-bond acceptors (Lipinski definition) is 4. The molecule has 0 aliphatic heterocycles. The van der Waals surface area contributed by atoms with Crippen LogP contribution < -0.4 is 30.4 Å². The topological polar surface area (TPSA) is 175 Å². The molecular weight excluding hydrogens is 291 g/mol. The van der Waals surface area contributed by atoms with Crippen molar-refractivity contribution in [3.05, 3.63) is 0 Å². The fraction of sp³-hybridized carbons (Fsp3) is 0. The van der Waals surface area contributed by atoms with Gasteiger partial charge in [-0.3, -0.25) is 10.3 Å². The maximum Gasteiger partial charge on any atom is 6.00 e. The van der Waals surface area contributed by atoms with E-state index in [1.54, 1.807) is 0 Å². The van der Waals surface area contributed by atoms with Crippen molar-refractivity contribution in [1.29, 1.82) is 0 Å². The van der Waals surface area contributed by atoms with Crippen molar-refractivity contribution in [3.63, 3.8) is 0 Å². The van der Waals surface area contributed by atoms with Crippen molar-refractivity contribution in [2.45, 2.75) is 0 Å². The van der Waals surface area contributed by atoms with E-state index in [0.717, 1.165) is 0 Å². The first-order chi connectivity index (χ1) is 2.00. The molecule has 0 fully saturated rings. The Morgan fingerprint density at radius 1 is 0.889 bits per heavy atom. The molecule has 0 heterocycles. The van der Waals surface area contributed by atoms with Crippen molar-refractivity contribution in [3.8, 4) is 0 Å². The van der Waals surface area contributed by atoms with Gasteiger partial charge >= 0.3 is 37.5 Å². The molecule has 0 aliphatic carbocycles. The Balaban J connectivity index is -0.0000000133. The smallest absolute Gasteiger partial charge is 2.00 e. The summed E-state index contributed by atoms with van der Waals surface area (Å²) in [5, 5.41) is 0. The number of hydrogen-bond donors (Lipinski definition) is 1. The van der Waals surface area contributed by atoms with Crippen LogP contribution in [0.15, 0.2) is 0 Å². The molecular formula is HCrIO7. The van der Waals surface area contributed by atoms with E-state index in [9.17, 15) is 0 Å². The normalized spacial score (nSPS) is 6.67. The molecule has 0 atom stereocenters. The summed E-state index contributed by atoms with van der Waals surface area (Å²) >= 11 is -5.69. The Morgan fingerprint density at radius 2 is 0.889 bits per heavy atom. The van der Waals surface area contributed by atoms with E-state index in [1.807, 2.05) is 0 Å². The van der Waals surface area contributed by atoms with Crippen molar-refractivity contribution >= 4 is 0 Å². The van der Waals surface area contributed by atoms with Gasteiger partial charge in [0.1, 0.15) is 0 Å². The van der Waals surface area contributed by atoms with Crippen molar-refractivity contribution in [1.82, 2.24) is 0 Å². The zero-order chi connectivity index (χ0) is 4.50. The molecule has 0 saturated heterocycles. The summed E-state index contributed by atoms with van der Waals surface area (Å²) < 4.78 is 33.2. The molecule has 9 heteroatoms. The largest absolute Gasteiger partial charge is 6.00 e.